The lowest BCUT2D eigenvalue weighted by Gasteiger charge is -2.27. The van der Waals surface area contributed by atoms with Crippen molar-refractivity contribution in [2.45, 2.75) is 71.2 Å². The molecule has 2 aromatic carbocycles. The van der Waals surface area contributed by atoms with E-state index in [0.717, 1.165) is 30.0 Å². The van der Waals surface area contributed by atoms with Crippen molar-refractivity contribution in [3.63, 3.8) is 0 Å². The molecule has 0 spiro atoms. The third-order valence-electron chi connectivity index (χ3n) is 8.07. The number of pyridine rings is 1. The smallest absolute Gasteiger partial charge is 0.427 e. The second-order valence-corrected chi connectivity index (χ2v) is 16.8. The molecule has 3 aromatic rings. The number of amides is 1. The molecule has 2 aliphatic carbocycles. The van der Waals surface area contributed by atoms with Gasteiger partial charge in [-0.15, -0.1) is 0 Å². The van der Waals surface area contributed by atoms with Crippen LogP contribution in [0.4, 0.5) is 19.3 Å². The zero-order valence-corrected chi connectivity index (χ0v) is 33.1. The number of hydrogen-bond donors (Lipinski definition) is 0. The average molecular weight is 830 g/mol. The van der Waals surface area contributed by atoms with Crippen molar-refractivity contribution in [1.82, 2.24) is 4.98 Å². The molecule has 2 saturated carbocycles. The van der Waals surface area contributed by atoms with Gasteiger partial charge in [-0.3, -0.25) is 14.6 Å². The summed E-state index contributed by atoms with van der Waals surface area (Å²) in [5, 5.41) is -0.0650. The molecule has 0 bridgehead atoms. The molecule has 11 nitrogen and oxygen atoms in total. The summed E-state index contributed by atoms with van der Waals surface area (Å²) in [5.74, 6) is -0.517. The van der Waals surface area contributed by atoms with Crippen LogP contribution in [-0.2, 0) is 31.7 Å². The number of aromatic nitrogens is 1. The number of rotatable bonds is 17. The number of benzene rings is 2. The van der Waals surface area contributed by atoms with E-state index >= 15 is 0 Å². The monoisotopic (exact) mass is 828 g/mol. The Morgan fingerprint density at radius 1 is 0.944 bits per heavy atom. The first-order valence-electron chi connectivity index (χ1n) is 17.1. The van der Waals surface area contributed by atoms with Crippen molar-refractivity contribution in [3.8, 4) is 17.2 Å². The highest BCUT2D eigenvalue weighted by atomic mass is 35.5. The molecular weight excluding hydrogens is 789 g/mol. The second-order valence-electron chi connectivity index (χ2n) is 13.8. The van der Waals surface area contributed by atoms with E-state index in [9.17, 15) is 27.4 Å². The quantitative estimate of drug-likeness (QED) is 0.121. The molecule has 1 amide bonds. The van der Waals surface area contributed by atoms with E-state index in [-0.39, 0.29) is 45.0 Å². The van der Waals surface area contributed by atoms with Gasteiger partial charge >= 0.3 is 18.7 Å². The number of nitrogens with zero attached hydrogens (tertiary/aromatic N) is 2. The van der Waals surface area contributed by atoms with E-state index < -0.39 is 52.2 Å². The Hall–Kier alpha value is -3.66. The van der Waals surface area contributed by atoms with E-state index in [0.29, 0.717) is 47.9 Å². The molecule has 1 heterocycles. The Morgan fingerprint density at radius 2 is 1.57 bits per heavy atom. The maximum Gasteiger partial charge on any atom is 0.427 e. The molecule has 2 atom stereocenters. The zero-order valence-electron chi connectivity index (χ0n) is 30.0. The van der Waals surface area contributed by atoms with Crippen molar-refractivity contribution in [3.05, 3.63) is 75.5 Å². The van der Waals surface area contributed by atoms with Crippen LogP contribution in [0.2, 0.25) is 10.0 Å². The predicted molar refractivity (Wildman–Crippen MR) is 202 cm³/mol. The first-order chi connectivity index (χ1) is 25.6. The third kappa shape index (κ3) is 12.2. The molecule has 2 fully saturated rings. The summed E-state index contributed by atoms with van der Waals surface area (Å²) < 4.78 is 68.0. The van der Waals surface area contributed by atoms with Gasteiger partial charge in [-0.1, -0.05) is 41.0 Å². The van der Waals surface area contributed by atoms with Gasteiger partial charge in [0.05, 0.1) is 29.0 Å². The molecule has 54 heavy (non-hydrogen) atoms. The molecule has 2 aliphatic rings. The number of anilines is 1. The lowest BCUT2D eigenvalue weighted by atomic mass is 10.0. The number of alkyl halides is 2. The van der Waals surface area contributed by atoms with Crippen LogP contribution in [0.1, 0.15) is 74.0 Å². The van der Waals surface area contributed by atoms with E-state index in [1.165, 1.54) is 55.0 Å². The molecule has 0 saturated heterocycles. The number of carbonyl (C=O) groups is 3. The Morgan fingerprint density at radius 3 is 2.15 bits per heavy atom. The molecule has 0 radical (unpaired) electrons. The highest BCUT2D eigenvalue weighted by Crippen LogP contribution is 2.39. The van der Waals surface area contributed by atoms with E-state index in [4.69, 9.17) is 42.1 Å². The normalized spacial score (nSPS) is 15.3. The van der Waals surface area contributed by atoms with Gasteiger partial charge in [0.1, 0.15) is 34.1 Å². The van der Waals surface area contributed by atoms with Crippen LogP contribution in [0.5, 0.6) is 17.2 Å². The van der Waals surface area contributed by atoms with Crippen LogP contribution in [0.3, 0.4) is 0 Å². The fourth-order valence-electron chi connectivity index (χ4n) is 5.03. The van der Waals surface area contributed by atoms with Crippen LogP contribution in [-0.4, -0.2) is 63.8 Å². The van der Waals surface area contributed by atoms with Crippen molar-refractivity contribution in [2.75, 3.05) is 29.5 Å². The van der Waals surface area contributed by atoms with Gasteiger partial charge < -0.3 is 23.7 Å². The topological polar surface area (TPSA) is 131 Å². The minimum Gasteiger partial charge on any atom is -0.491 e. The maximum absolute atomic E-state index is 13.4. The van der Waals surface area contributed by atoms with Crippen LogP contribution in [0.15, 0.2) is 48.8 Å². The van der Waals surface area contributed by atoms with Crippen molar-refractivity contribution in [1.29, 1.82) is 0 Å². The van der Waals surface area contributed by atoms with Gasteiger partial charge in [-0.2, -0.15) is 13.1 Å². The highest BCUT2D eigenvalue weighted by Gasteiger charge is 2.31. The zero-order chi connectivity index (χ0) is 39.2. The Balaban J connectivity index is 1.35. The van der Waals surface area contributed by atoms with Crippen molar-refractivity contribution in [2.24, 2.45) is 11.8 Å². The molecule has 0 aliphatic heterocycles. The van der Waals surface area contributed by atoms with E-state index in [1.807, 2.05) is 0 Å². The first-order valence-corrected chi connectivity index (χ1v) is 20.3. The van der Waals surface area contributed by atoms with Crippen LogP contribution in [0, 0.1) is 11.8 Å². The predicted octanol–water partition coefficient (Wildman–Crippen LogP) is 9.00. The standard InChI is InChI=1S/C37H40Cl2F2N2O9S2/c1-37(2,3)52-36(46)43(54(4)47)28-11-9-24(14-31(28)48-18-21-5-6-21)34(45)53-20-33(44)50-30(15-25-26(38)16-42-17-27(25)39)23-10-12-29(51-35(40)41)32(13-23)49-19-22-7-8-22/h9-14,16-17,21-22,30,35H,5-8,15,18-20H2,1-4H3. The number of ether oxygens (including phenoxy) is 5. The van der Waals surface area contributed by atoms with Gasteiger partial charge in [0.2, 0.25) is 5.12 Å². The van der Waals surface area contributed by atoms with Crippen LogP contribution < -0.4 is 18.5 Å². The van der Waals surface area contributed by atoms with Gasteiger partial charge in [0.15, 0.2) is 11.5 Å². The SMILES string of the molecule is CS(=O)N(C(=O)OC(C)(C)C)c1ccc(C(=O)SCC(=O)OC(Cc2c(Cl)cncc2Cl)c2ccc(OC(F)F)c(OCC3CC3)c2)cc1OCC1CC1. The number of carbonyl (C=O) groups excluding carboxylic acids is 3. The summed E-state index contributed by atoms with van der Waals surface area (Å²) in [6.45, 7) is 2.60. The lowest BCUT2D eigenvalue weighted by Crippen LogP contribution is -2.38. The summed E-state index contributed by atoms with van der Waals surface area (Å²) >= 11 is 13.5. The van der Waals surface area contributed by atoms with E-state index in [1.54, 1.807) is 20.8 Å². The molecule has 292 valence electrons. The van der Waals surface area contributed by atoms with Crippen molar-refractivity contribution < 1.29 is 51.1 Å². The minimum absolute atomic E-state index is 0.0161. The fraction of sp³-hybridized carbons (Fsp3) is 0.459. The number of halogens is 4. The molecule has 0 N–H and O–H groups in total. The molecule has 1 aromatic heterocycles. The van der Waals surface area contributed by atoms with Crippen LogP contribution >= 0.6 is 35.0 Å². The van der Waals surface area contributed by atoms with Gasteiger partial charge in [-0.25, -0.2) is 9.00 Å². The first kappa shape index (κ1) is 41.5. The minimum atomic E-state index is -3.09. The summed E-state index contributed by atoms with van der Waals surface area (Å²) in [7, 11) is -1.84. The van der Waals surface area contributed by atoms with Crippen LogP contribution in [0.25, 0.3) is 0 Å². The number of hydrogen-bond acceptors (Lipinski definition) is 11. The Labute approximate surface area is 328 Å². The van der Waals surface area contributed by atoms with Crippen molar-refractivity contribution >= 4 is 68.8 Å². The summed E-state index contributed by atoms with van der Waals surface area (Å²) in [5.41, 5.74) is 0.266. The summed E-state index contributed by atoms with van der Waals surface area (Å²) in [6, 6.07) is 8.56. The maximum atomic E-state index is 13.4. The van der Waals surface area contributed by atoms with E-state index in [2.05, 4.69) is 9.72 Å². The molecule has 5 rings (SSSR count). The third-order valence-corrected chi connectivity index (χ3v) is 10.5. The van der Waals surface area contributed by atoms with Gasteiger partial charge in [0.25, 0.3) is 0 Å². The molecular formula is C37H40Cl2F2N2O9S2. The molecule has 2 unspecified atom stereocenters. The van der Waals surface area contributed by atoms with Gasteiger partial charge in [-0.05, 0) is 99.7 Å². The largest absolute Gasteiger partial charge is 0.491 e. The molecule has 17 heteroatoms. The number of esters is 1. The second kappa shape index (κ2) is 18.3. The highest BCUT2D eigenvalue weighted by molar-refractivity contribution is 8.14. The number of thioether (sulfide) groups is 1. The summed E-state index contributed by atoms with van der Waals surface area (Å²) in [4.78, 5) is 43.8. The Kier molecular flexibility index (Phi) is 14.1. The van der Waals surface area contributed by atoms with Gasteiger partial charge in [0, 0.05) is 30.6 Å². The fourth-order valence-corrected chi connectivity index (χ4v) is 6.84. The Bertz CT molecular complexity index is 1850. The average Bonchev–Trinajstić information content (AvgIpc) is 4.02. The lowest BCUT2D eigenvalue weighted by molar-refractivity contribution is -0.146. The summed E-state index contributed by atoms with van der Waals surface area (Å²) in [6.07, 6.45) is 6.08.